The molecule has 1 aliphatic heterocycles. The standard InChI is InChI=1S/C19H34N2O3/c1-13(2)18(22)20-12-16-5-4-15(11-16)10-14(3)19(23)21-17-6-8-24-9-7-17/h13-17H,4-12H2,1-3H3,(H,20,22)(H,21,23). The van der Waals surface area contributed by atoms with Gasteiger partial charge in [0, 0.05) is 37.6 Å². The zero-order chi connectivity index (χ0) is 17.5. The Morgan fingerprint density at radius 1 is 1.00 bits per heavy atom. The predicted octanol–water partition coefficient (Wildman–Crippen LogP) is 2.50. The molecule has 138 valence electrons. The smallest absolute Gasteiger partial charge is 0.223 e. The van der Waals surface area contributed by atoms with E-state index in [0.29, 0.717) is 11.8 Å². The van der Waals surface area contributed by atoms with Gasteiger partial charge >= 0.3 is 0 Å². The first kappa shape index (κ1) is 19.2. The molecule has 0 aromatic heterocycles. The van der Waals surface area contributed by atoms with Crippen LogP contribution in [0.15, 0.2) is 0 Å². The molecule has 5 nitrogen and oxygen atoms in total. The number of hydrogen-bond acceptors (Lipinski definition) is 3. The van der Waals surface area contributed by atoms with E-state index in [2.05, 4.69) is 10.6 Å². The lowest BCUT2D eigenvalue weighted by Crippen LogP contribution is -2.41. The fourth-order valence-corrected chi connectivity index (χ4v) is 3.82. The first-order valence-corrected chi connectivity index (χ1v) is 9.61. The topological polar surface area (TPSA) is 67.4 Å². The van der Waals surface area contributed by atoms with Gasteiger partial charge in [-0.25, -0.2) is 0 Å². The fraction of sp³-hybridized carbons (Fsp3) is 0.895. The van der Waals surface area contributed by atoms with Crippen LogP contribution < -0.4 is 10.6 Å². The minimum atomic E-state index is 0.0519. The molecule has 0 bridgehead atoms. The van der Waals surface area contributed by atoms with Crippen molar-refractivity contribution in [2.24, 2.45) is 23.7 Å². The Balaban J connectivity index is 1.66. The molecular weight excluding hydrogens is 304 g/mol. The Kier molecular flexibility index (Phi) is 7.53. The molecule has 0 spiro atoms. The van der Waals surface area contributed by atoms with Gasteiger partial charge in [0.2, 0.25) is 11.8 Å². The van der Waals surface area contributed by atoms with Crippen molar-refractivity contribution in [1.82, 2.24) is 10.6 Å². The molecule has 1 saturated carbocycles. The summed E-state index contributed by atoms with van der Waals surface area (Å²) in [6, 6.07) is 0.288. The van der Waals surface area contributed by atoms with E-state index in [1.54, 1.807) is 0 Å². The lowest BCUT2D eigenvalue weighted by atomic mass is 9.92. The third kappa shape index (κ3) is 6.08. The van der Waals surface area contributed by atoms with Crippen LogP contribution in [0.2, 0.25) is 0 Å². The predicted molar refractivity (Wildman–Crippen MR) is 94.4 cm³/mol. The molecule has 2 aliphatic rings. The highest BCUT2D eigenvalue weighted by Crippen LogP contribution is 2.34. The molecule has 1 aliphatic carbocycles. The molecule has 3 atom stereocenters. The Morgan fingerprint density at radius 2 is 1.67 bits per heavy atom. The Labute approximate surface area is 146 Å². The van der Waals surface area contributed by atoms with Crippen molar-refractivity contribution in [3.05, 3.63) is 0 Å². The van der Waals surface area contributed by atoms with Gasteiger partial charge in [-0.3, -0.25) is 9.59 Å². The molecule has 1 heterocycles. The average molecular weight is 338 g/mol. The minimum Gasteiger partial charge on any atom is -0.381 e. The number of carbonyl (C=O) groups excluding carboxylic acids is 2. The lowest BCUT2D eigenvalue weighted by Gasteiger charge is -2.25. The molecule has 0 aromatic carbocycles. The molecule has 1 saturated heterocycles. The third-order valence-corrected chi connectivity index (χ3v) is 5.44. The van der Waals surface area contributed by atoms with Crippen LogP contribution in [0.3, 0.4) is 0 Å². The van der Waals surface area contributed by atoms with E-state index in [1.807, 2.05) is 20.8 Å². The summed E-state index contributed by atoms with van der Waals surface area (Å²) in [5.41, 5.74) is 0. The van der Waals surface area contributed by atoms with E-state index in [9.17, 15) is 9.59 Å². The molecule has 2 N–H and O–H groups in total. The van der Waals surface area contributed by atoms with Crippen LogP contribution in [0, 0.1) is 23.7 Å². The highest BCUT2D eigenvalue weighted by atomic mass is 16.5. The first-order chi connectivity index (χ1) is 11.5. The van der Waals surface area contributed by atoms with E-state index in [-0.39, 0.29) is 29.7 Å². The Bertz CT molecular complexity index is 419. The molecular formula is C19H34N2O3. The van der Waals surface area contributed by atoms with E-state index in [0.717, 1.165) is 51.9 Å². The second kappa shape index (κ2) is 9.40. The zero-order valence-corrected chi connectivity index (χ0v) is 15.5. The summed E-state index contributed by atoms with van der Waals surface area (Å²) in [5, 5.41) is 6.23. The number of rotatable bonds is 7. The van der Waals surface area contributed by atoms with Crippen LogP contribution in [0.25, 0.3) is 0 Å². The number of hydrogen-bond donors (Lipinski definition) is 2. The summed E-state index contributed by atoms with van der Waals surface area (Å²) < 4.78 is 5.33. The van der Waals surface area contributed by atoms with Gasteiger partial charge in [-0.05, 0) is 43.9 Å². The van der Waals surface area contributed by atoms with Gasteiger partial charge in [-0.1, -0.05) is 27.2 Å². The maximum Gasteiger partial charge on any atom is 0.223 e. The normalized spacial score (nSPS) is 26.3. The molecule has 3 unspecified atom stereocenters. The Hall–Kier alpha value is -1.10. The summed E-state index contributed by atoms with van der Waals surface area (Å²) >= 11 is 0. The van der Waals surface area contributed by atoms with Crippen LogP contribution in [0.4, 0.5) is 0 Å². The van der Waals surface area contributed by atoms with Crippen molar-refractivity contribution in [2.45, 2.75) is 65.3 Å². The van der Waals surface area contributed by atoms with Crippen molar-refractivity contribution in [1.29, 1.82) is 0 Å². The SMILES string of the molecule is CC(C)C(=O)NCC1CCC(CC(C)C(=O)NC2CCOCC2)C1. The molecule has 0 aromatic rings. The van der Waals surface area contributed by atoms with Gasteiger partial charge in [0.1, 0.15) is 0 Å². The van der Waals surface area contributed by atoms with Crippen LogP contribution in [-0.2, 0) is 14.3 Å². The van der Waals surface area contributed by atoms with Crippen LogP contribution in [0.5, 0.6) is 0 Å². The number of nitrogens with one attached hydrogen (secondary N) is 2. The molecule has 2 fully saturated rings. The summed E-state index contributed by atoms with van der Waals surface area (Å²) in [6.45, 7) is 8.19. The number of ether oxygens (including phenoxy) is 1. The van der Waals surface area contributed by atoms with E-state index in [4.69, 9.17) is 4.74 Å². The summed E-state index contributed by atoms with van der Waals surface area (Å²) in [6.07, 6.45) is 6.30. The van der Waals surface area contributed by atoms with Crippen molar-refractivity contribution in [3.8, 4) is 0 Å². The minimum absolute atomic E-state index is 0.0519. The maximum atomic E-state index is 12.4. The van der Waals surface area contributed by atoms with Crippen molar-refractivity contribution in [3.63, 3.8) is 0 Å². The average Bonchev–Trinajstić information content (AvgIpc) is 3.00. The van der Waals surface area contributed by atoms with Gasteiger partial charge in [-0.2, -0.15) is 0 Å². The quantitative estimate of drug-likeness (QED) is 0.749. The summed E-state index contributed by atoms with van der Waals surface area (Å²) in [5.74, 6) is 1.64. The van der Waals surface area contributed by atoms with Crippen LogP contribution in [-0.4, -0.2) is 37.6 Å². The number of carbonyl (C=O) groups is 2. The van der Waals surface area contributed by atoms with Gasteiger partial charge in [0.05, 0.1) is 0 Å². The highest BCUT2D eigenvalue weighted by Gasteiger charge is 2.29. The second-order valence-corrected chi connectivity index (χ2v) is 7.98. The van der Waals surface area contributed by atoms with Gasteiger partial charge < -0.3 is 15.4 Å². The van der Waals surface area contributed by atoms with Gasteiger partial charge in [0.25, 0.3) is 0 Å². The van der Waals surface area contributed by atoms with E-state index >= 15 is 0 Å². The molecule has 5 heteroatoms. The fourth-order valence-electron chi connectivity index (χ4n) is 3.82. The number of amides is 2. The Morgan fingerprint density at radius 3 is 2.33 bits per heavy atom. The summed E-state index contributed by atoms with van der Waals surface area (Å²) in [4.78, 5) is 24.0. The van der Waals surface area contributed by atoms with Gasteiger partial charge in [-0.15, -0.1) is 0 Å². The van der Waals surface area contributed by atoms with Gasteiger partial charge in [0.15, 0.2) is 0 Å². The largest absolute Gasteiger partial charge is 0.381 e. The van der Waals surface area contributed by atoms with Crippen molar-refractivity contribution < 1.29 is 14.3 Å². The molecule has 2 rings (SSSR count). The molecule has 24 heavy (non-hydrogen) atoms. The zero-order valence-electron chi connectivity index (χ0n) is 15.5. The van der Waals surface area contributed by atoms with Crippen LogP contribution >= 0.6 is 0 Å². The third-order valence-electron chi connectivity index (χ3n) is 5.44. The summed E-state index contributed by atoms with van der Waals surface area (Å²) in [7, 11) is 0. The maximum absolute atomic E-state index is 12.4. The molecule has 2 amide bonds. The van der Waals surface area contributed by atoms with E-state index in [1.165, 1.54) is 6.42 Å². The lowest BCUT2D eigenvalue weighted by molar-refractivity contribution is -0.126. The highest BCUT2D eigenvalue weighted by molar-refractivity contribution is 5.78. The van der Waals surface area contributed by atoms with Crippen LogP contribution in [0.1, 0.15) is 59.3 Å². The first-order valence-electron chi connectivity index (χ1n) is 9.61. The second-order valence-electron chi connectivity index (χ2n) is 7.98. The monoisotopic (exact) mass is 338 g/mol. The molecule has 0 radical (unpaired) electrons. The van der Waals surface area contributed by atoms with Crippen molar-refractivity contribution >= 4 is 11.8 Å². The van der Waals surface area contributed by atoms with E-state index < -0.39 is 0 Å². The van der Waals surface area contributed by atoms with Crippen molar-refractivity contribution in [2.75, 3.05) is 19.8 Å².